The number of nitrogens with one attached hydrogen (secondary N) is 1. The van der Waals surface area contributed by atoms with Gasteiger partial charge < -0.3 is 10.1 Å². The number of hydrogen-bond acceptors (Lipinski definition) is 2. The van der Waals surface area contributed by atoms with E-state index in [1.807, 2.05) is 0 Å². The molecular weight excluding hydrogens is 291 g/mol. The SMILES string of the molecule is COC(=O)N[C@H](c1ccc(F)cc1)C(Cl)(Cl)Cl. The van der Waals surface area contributed by atoms with E-state index in [0.29, 0.717) is 5.56 Å². The lowest BCUT2D eigenvalue weighted by Crippen LogP contribution is -2.36. The molecule has 0 aliphatic rings. The molecule has 7 heteroatoms. The van der Waals surface area contributed by atoms with Crippen molar-refractivity contribution in [1.29, 1.82) is 0 Å². The smallest absolute Gasteiger partial charge is 0.407 e. The van der Waals surface area contributed by atoms with Crippen molar-refractivity contribution in [2.45, 2.75) is 9.83 Å². The number of halogens is 4. The van der Waals surface area contributed by atoms with Crippen LogP contribution >= 0.6 is 34.8 Å². The fraction of sp³-hybridized carbons (Fsp3) is 0.300. The number of ether oxygens (including phenoxy) is 1. The molecule has 94 valence electrons. The molecule has 0 aromatic heterocycles. The summed E-state index contributed by atoms with van der Waals surface area (Å²) in [6, 6.07) is 4.31. The van der Waals surface area contributed by atoms with Gasteiger partial charge in [-0.15, -0.1) is 0 Å². The highest BCUT2D eigenvalue weighted by molar-refractivity contribution is 6.68. The molecule has 3 nitrogen and oxygen atoms in total. The lowest BCUT2D eigenvalue weighted by atomic mass is 10.1. The van der Waals surface area contributed by atoms with Crippen molar-refractivity contribution in [2.75, 3.05) is 7.11 Å². The molecule has 0 saturated carbocycles. The Morgan fingerprint density at radius 3 is 2.29 bits per heavy atom. The quantitative estimate of drug-likeness (QED) is 0.848. The second-order valence-electron chi connectivity index (χ2n) is 3.16. The van der Waals surface area contributed by atoms with E-state index in [0.717, 1.165) is 0 Å². The van der Waals surface area contributed by atoms with Crippen molar-refractivity contribution in [3.05, 3.63) is 35.6 Å². The number of alkyl halides is 3. The van der Waals surface area contributed by atoms with Gasteiger partial charge in [0.15, 0.2) is 0 Å². The number of alkyl carbamates (subject to hydrolysis) is 1. The maximum absolute atomic E-state index is 12.8. The van der Waals surface area contributed by atoms with E-state index < -0.39 is 21.7 Å². The Kier molecular flexibility index (Phi) is 4.86. The second kappa shape index (κ2) is 5.76. The Morgan fingerprint density at radius 1 is 1.35 bits per heavy atom. The van der Waals surface area contributed by atoms with Gasteiger partial charge in [0.1, 0.15) is 11.9 Å². The van der Waals surface area contributed by atoms with E-state index in [2.05, 4.69) is 10.1 Å². The maximum atomic E-state index is 12.8. The molecule has 0 spiro atoms. The zero-order valence-electron chi connectivity index (χ0n) is 8.72. The largest absolute Gasteiger partial charge is 0.453 e. The van der Waals surface area contributed by atoms with Gasteiger partial charge in [0.25, 0.3) is 0 Å². The topological polar surface area (TPSA) is 38.3 Å². The van der Waals surface area contributed by atoms with Gasteiger partial charge in [-0.1, -0.05) is 46.9 Å². The molecule has 1 aromatic carbocycles. The van der Waals surface area contributed by atoms with Crippen LogP contribution in [-0.4, -0.2) is 17.0 Å². The standard InChI is InChI=1S/C10H9Cl3FNO2/c1-17-9(16)15-8(10(11,12)13)6-2-4-7(14)5-3-6/h2-5,8H,1H3,(H,15,16)/t8-/m1/s1. The number of amides is 1. The highest BCUT2D eigenvalue weighted by atomic mass is 35.6. The highest BCUT2D eigenvalue weighted by Gasteiger charge is 2.35. The van der Waals surface area contributed by atoms with E-state index in [1.54, 1.807) is 0 Å². The molecule has 1 amide bonds. The van der Waals surface area contributed by atoms with Crippen LogP contribution in [0.5, 0.6) is 0 Å². The Bertz CT molecular complexity index is 392. The second-order valence-corrected chi connectivity index (χ2v) is 5.53. The van der Waals surface area contributed by atoms with Crippen LogP contribution in [0, 0.1) is 5.82 Å². The summed E-state index contributed by atoms with van der Waals surface area (Å²) in [5, 5.41) is 2.36. The number of rotatable bonds is 2. The average molecular weight is 301 g/mol. The molecule has 0 aliphatic heterocycles. The fourth-order valence-corrected chi connectivity index (χ4v) is 1.73. The molecule has 0 bridgehead atoms. The summed E-state index contributed by atoms with van der Waals surface area (Å²) in [7, 11) is 1.19. The number of carbonyl (C=O) groups excluding carboxylic acids is 1. The third kappa shape index (κ3) is 4.22. The van der Waals surface area contributed by atoms with Gasteiger partial charge in [0.05, 0.1) is 7.11 Å². The first-order chi connectivity index (χ1) is 7.84. The molecule has 0 fully saturated rings. The molecule has 1 aromatic rings. The van der Waals surface area contributed by atoms with Gasteiger partial charge in [-0.25, -0.2) is 9.18 Å². The van der Waals surface area contributed by atoms with Crippen LogP contribution in [0.1, 0.15) is 11.6 Å². The third-order valence-corrected chi connectivity index (χ3v) is 2.63. The van der Waals surface area contributed by atoms with Crippen LogP contribution in [0.2, 0.25) is 0 Å². The minimum Gasteiger partial charge on any atom is -0.453 e. The number of carbonyl (C=O) groups is 1. The Balaban J connectivity index is 2.98. The zero-order valence-corrected chi connectivity index (χ0v) is 11.0. The van der Waals surface area contributed by atoms with Gasteiger partial charge >= 0.3 is 6.09 Å². The molecule has 0 saturated heterocycles. The first-order valence-corrected chi connectivity index (χ1v) is 5.64. The van der Waals surface area contributed by atoms with Gasteiger partial charge in [-0.2, -0.15) is 0 Å². The van der Waals surface area contributed by atoms with Crippen molar-refractivity contribution in [1.82, 2.24) is 5.32 Å². The van der Waals surface area contributed by atoms with E-state index in [4.69, 9.17) is 34.8 Å². The highest BCUT2D eigenvalue weighted by Crippen LogP contribution is 2.39. The summed E-state index contributed by atoms with van der Waals surface area (Å²) in [5.74, 6) is -0.421. The van der Waals surface area contributed by atoms with E-state index in [-0.39, 0.29) is 0 Å². The normalized spacial score (nSPS) is 13.0. The predicted octanol–water partition coefficient (Wildman–Crippen LogP) is 3.59. The summed E-state index contributed by atoms with van der Waals surface area (Å²) in [6.45, 7) is 0. The molecule has 1 atom stereocenters. The fourth-order valence-electron chi connectivity index (χ4n) is 1.19. The van der Waals surface area contributed by atoms with Crippen LogP contribution < -0.4 is 5.32 Å². The van der Waals surface area contributed by atoms with Crippen LogP contribution in [0.15, 0.2) is 24.3 Å². The molecule has 17 heavy (non-hydrogen) atoms. The van der Waals surface area contributed by atoms with Crippen LogP contribution in [0.4, 0.5) is 9.18 Å². The van der Waals surface area contributed by atoms with Crippen LogP contribution in [-0.2, 0) is 4.74 Å². The molecule has 1 rings (SSSR count). The minimum absolute atomic E-state index is 0.421. The first kappa shape index (κ1) is 14.4. The summed E-state index contributed by atoms with van der Waals surface area (Å²) < 4.78 is 15.4. The van der Waals surface area contributed by atoms with Crippen LogP contribution in [0.25, 0.3) is 0 Å². The average Bonchev–Trinajstić information content (AvgIpc) is 2.25. The van der Waals surface area contributed by atoms with Gasteiger partial charge in [0.2, 0.25) is 3.79 Å². The zero-order chi connectivity index (χ0) is 13.1. The lowest BCUT2D eigenvalue weighted by Gasteiger charge is -2.25. The van der Waals surface area contributed by atoms with Crippen molar-refractivity contribution in [2.24, 2.45) is 0 Å². The molecule has 1 N–H and O–H groups in total. The van der Waals surface area contributed by atoms with Crippen molar-refractivity contribution >= 4 is 40.9 Å². The Labute approximate surface area is 113 Å². The number of methoxy groups -OCH3 is 1. The molecule has 0 radical (unpaired) electrons. The molecule has 0 unspecified atom stereocenters. The van der Waals surface area contributed by atoms with E-state index >= 15 is 0 Å². The van der Waals surface area contributed by atoms with E-state index in [1.165, 1.54) is 31.4 Å². The lowest BCUT2D eigenvalue weighted by molar-refractivity contribution is 0.166. The Hall–Kier alpha value is -0.710. The van der Waals surface area contributed by atoms with Gasteiger partial charge in [-0.3, -0.25) is 0 Å². The van der Waals surface area contributed by atoms with Crippen molar-refractivity contribution in [3.63, 3.8) is 0 Å². The van der Waals surface area contributed by atoms with Crippen molar-refractivity contribution < 1.29 is 13.9 Å². The number of benzene rings is 1. The third-order valence-electron chi connectivity index (χ3n) is 1.98. The Morgan fingerprint density at radius 2 is 1.88 bits per heavy atom. The summed E-state index contributed by atoms with van der Waals surface area (Å²) >= 11 is 17.2. The maximum Gasteiger partial charge on any atom is 0.407 e. The first-order valence-electron chi connectivity index (χ1n) is 4.51. The van der Waals surface area contributed by atoms with Crippen LogP contribution in [0.3, 0.4) is 0 Å². The predicted molar refractivity (Wildman–Crippen MR) is 65.0 cm³/mol. The van der Waals surface area contributed by atoms with Gasteiger partial charge in [-0.05, 0) is 17.7 Å². The molecular formula is C10H9Cl3FNO2. The van der Waals surface area contributed by atoms with Crippen molar-refractivity contribution in [3.8, 4) is 0 Å². The van der Waals surface area contributed by atoms with Gasteiger partial charge in [0, 0.05) is 0 Å². The van der Waals surface area contributed by atoms with E-state index in [9.17, 15) is 9.18 Å². The minimum atomic E-state index is -1.77. The number of hydrogen-bond donors (Lipinski definition) is 1. The summed E-state index contributed by atoms with van der Waals surface area (Å²) in [4.78, 5) is 11.1. The monoisotopic (exact) mass is 299 g/mol. The molecule has 0 aliphatic carbocycles. The summed E-state index contributed by atoms with van der Waals surface area (Å²) in [6.07, 6.45) is -0.745. The summed E-state index contributed by atoms with van der Waals surface area (Å²) in [5.41, 5.74) is 0.455. The molecule has 0 heterocycles.